The summed E-state index contributed by atoms with van der Waals surface area (Å²) in [6.45, 7) is 10.6. The van der Waals surface area contributed by atoms with Crippen LogP contribution in [0.15, 0.2) is 0 Å². The van der Waals surface area contributed by atoms with Gasteiger partial charge in [0.15, 0.2) is 5.79 Å². The predicted molar refractivity (Wildman–Crippen MR) is 68.5 cm³/mol. The molecule has 0 atom stereocenters. The molecule has 0 heterocycles. The Bertz CT molecular complexity index is 218. The summed E-state index contributed by atoms with van der Waals surface area (Å²) >= 11 is 0. The van der Waals surface area contributed by atoms with Crippen LogP contribution in [-0.4, -0.2) is 18.0 Å². The predicted octanol–water partition coefficient (Wildman–Crippen LogP) is 4.07. The van der Waals surface area contributed by atoms with Gasteiger partial charge in [-0.05, 0) is 53.4 Å². The van der Waals surface area contributed by atoms with Crippen molar-refractivity contribution in [1.29, 1.82) is 0 Å². The third-order valence-electron chi connectivity index (χ3n) is 3.54. The lowest BCUT2D eigenvalue weighted by atomic mass is 9.79. The van der Waals surface area contributed by atoms with Crippen molar-refractivity contribution in [3.05, 3.63) is 0 Å². The van der Waals surface area contributed by atoms with E-state index in [-0.39, 0.29) is 5.60 Å². The van der Waals surface area contributed by atoms with Crippen LogP contribution in [0.1, 0.15) is 66.7 Å². The fourth-order valence-corrected chi connectivity index (χ4v) is 2.45. The summed E-state index contributed by atoms with van der Waals surface area (Å²) in [5.74, 6) is -0.0746. The van der Waals surface area contributed by atoms with E-state index in [4.69, 9.17) is 14.5 Å². The lowest BCUT2D eigenvalue weighted by Gasteiger charge is -2.37. The maximum absolute atomic E-state index is 5.66. The molecule has 0 spiro atoms. The zero-order valence-corrected chi connectivity index (χ0v) is 12.0. The van der Waals surface area contributed by atoms with Crippen molar-refractivity contribution in [2.75, 3.05) is 6.61 Å². The first kappa shape index (κ1) is 14.9. The molecule has 3 heteroatoms. The highest BCUT2D eigenvalue weighted by atomic mass is 17.2. The van der Waals surface area contributed by atoms with Gasteiger partial charge in [-0.1, -0.05) is 19.3 Å². The Morgan fingerprint density at radius 2 is 1.53 bits per heavy atom. The van der Waals surface area contributed by atoms with E-state index in [0.29, 0.717) is 12.5 Å². The fourth-order valence-electron chi connectivity index (χ4n) is 2.45. The molecule has 0 aromatic carbocycles. The third kappa shape index (κ3) is 4.94. The third-order valence-corrected chi connectivity index (χ3v) is 3.54. The second-order valence-electron chi connectivity index (χ2n) is 5.94. The minimum absolute atomic E-state index is 0.227. The molecule has 1 fully saturated rings. The standard InChI is InChI=1S/C14H28O3/c1-6-15-14(4,5)17-16-13(2,3)12-10-8-7-9-11-12/h12H,6-11H2,1-5H3. The average molecular weight is 244 g/mol. The maximum atomic E-state index is 5.66. The van der Waals surface area contributed by atoms with Gasteiger partial charge in [0.2, 0.25) is 0 Å². The van der Waals surface area contributed by atoms with Crippen molar-refractivity contribution in [3.63, 3.8) is 0 Å². The van der Waals surface area contributed by atoms with Crippen LogP contribution in [0, 0.1) is 5.92 Å². The van der Waals surface area contributed by atoms with Crippen molar-refractivity contribution < 1.29 is 14.5 Å². The van der Waals surface area contributed by atoms with Gasteiger partial charge in [0.1, 0.15) is 5.60 Å². The van der Waals surface area contributed by atoms with Gasteiger partial charge in [-0.15, -0.1) is 0 Å². The number of hydrogen-bond acceptors (Lipinski definition) is 3. The maximum Gasteiger partial charge on any atom is 0.195 e. The van der Waals surface area contributed by atoms with E-state index in [0.717, 1.165) is 0 Å². The van der Waals surface area contributed by atoms with Crippen LogP contribution < -0.4 is 0 Å². The molecule has 3 nitrogen and oxygen atoms in total. The number of hydrogen-bond donors (Lipinski definition) is 0. The molecule has 1 rings (SSSR count). The van der Waals surface area contributed by atoms with E-state index in [2.05, 4.69) is 13.8 Å². The van der Waals surface area contributed by atoms with Gasteiger partial charge in [-0.3, -0.25) is 0 Å². The van der Waals surface area contributed by atoms with Gasteiger partial charge >= 0.3 is 0 Å². The quantitative estimate of drug-likeness (QED) is 0.400. The molecule has 102 valence electrons. The number of ether oxygens (including phenoxy) is 1. The van der Waals surface area contributed by atoms with Gasteiger partial charge in [0, 0.05) is 6.61 Å². The normalized spacial score (nSPS) is 19.6. The van der Waals surface area contributed by atoms with Crippen LogP contribution in [0.3, 0.4) is 0 Å². The molecule has 0 aliphatic heterocycles. The van der Waals surface area contributed by atoms with Crippen molar-refractivity contribution in [2.24, 2.45) is 5.92 Å². The summed E-state index contributed by atoms with van der Waals surface area (Å²) in [6, 6.07) is 0. The molecule has 0 saturated heterocycles. The Balaban J connectivity index is 2.42. The van der Waals surface area contributed by atoms with Gasteiger partial charge in [-0.25, -0.2) is 9.78 Å². The summed E-state index contributed by atoms with van der Waals surface area (Å²) in [6.07, 6.45) is 6.47. The van der Waals surface area contributed by atoms with E-state index in [1.54, 1.807) is 0 Å². The summed E-state index contributed by atoms with van der Waals surface area (Å²) in [5, 5.41) is 0. The molecule has 0 N–H and O–H groups in total. The van der Waals surface area contributed by atoms with Crippen LogP contribution in [-0.2, 0) is 14.5 Å². The zero-order chi connectivity index (χ0) is 12.9. The highest BCUT2D eigenvalue weighted by molar-refractivity contribution is 4.81. The van der Waals surface area contributed by atoms with Crippen LogP contribution in [0.5, 0.6) is 0 Å². The highest BCUT2D eigenvalue weighted by Crippen LogP contribution is 2.35. The van der Waals surface area contributed by atoms with Crippen molar-refractivity contribution in [3.8, 4) is 0 Å². The lowest BCUT2D eigenvalue weighted by molar-refractivity contribution is -0.458. The average Bonchev–Trinajstić information content (AvgIpc) is 2.28. The first-order valence-electron chi connectivity index (χ1n) is 6.88. The van der Waals surface area contributed by atoms with E-state index < -0.39 is 5.79 Å². The van der Waals surface area contributed by atoms with Crippen molar-refractivity contribution in [2.45, 2.75) is 78.1 Å². The van der Waals surface area contributed by atoms with E-state index in [1.807, 2.05) is 20.8 Å². The Kier molecular flexibility index (Phi) is 5.42. The van der Waals surface area contributed by atoms with Gasteiger partial charge < -0.3 is 4.74 Å². The van der Waals surface area contributed by atoms with Crippen LogP contribution in [0.2, 0.25) is 0 Å². The summed E-state index contributed by atoms with van der Waals surface area (Å²) in [7, 11) is 0. The minimum Gasteiger partial charge on any atom is -0.348 e. The molecule has 0 bridgehead atoms. The summed E-state index contributed by atoms with van der Waals surface area (Å²) in [5.41, 5.74) is -0.227. The SMILES string of the molecule is CCOC(C)(C)OOC(C)(C)C1CCCCC1. The highest BCUT2D eigenvalue weighted by Gasteiger charge is 2.35. The molecular weight excluding hydrogens is 216 g/mol. The van der Waals surface area contributed by atoms with Gasteiger partial charge in [0.05, 0.1) is 0 Å². The van der Waals surface area contributed by atoms with E-state index >= 15 is 0 Å². The first-order valence-corrected chi connectivity index (χ1v) is 6.88. The molecule has 1 aliphatic carbocycles. The van der Waals surface area contributed by atoms with Crippen molar-refractivity contribution >= 4 is 0 Å². The molecule has 0 aromatic heterocycles. The molecule has 17 heavy (non-hydrogen) atoms. The molecule has 1 saturated carbocycles. The van der Waals surface area contributed by atoms with Crippen LogP contribution in [0.4, 0.5) is 0 Å². The first-order chi connectivity index (χ1) is 7.87. The number of rotatable bonds is 6. The lowest BCUT2D eigenvalue weighted by Crippen LogP contribution is -2.40. The Labute approximate surface area is 106 Å². The Morgan fingerprint density at radius 3 is 2.06 bits per heavy atom. The smallest absolute Gasteiger partial charge is 0.195 e. The molecule has 0 aromatic rings. The molecular formula is C14H28O3. The van der Waals surface area contributed by atoms with Crippen molar-refractivity contribution in [1.82, 2.24) is 0 Å². The summed E-state index contributed by atoms with van der Waals surface area (Å²) < 4.78 is 5.46. The molecule has 0 unspecified atom stereocenters. The second kappa shape index (κ2) is 6.17. The summed E-state index contributed by atoms with van der Waals surface area (Å²) in [4.78, 5) is 11.1. The second-order valence-corrected chi connectivity index (χ2v) is 5.94. The van der Waals surface area contributed by atoms with Gasteiger partial charge in [-0.2, -0.15) is 0 Å². The van der Waals surface area contributed by atoms with E-state index in [9.17, 15) is 0 Å². The monoisotopic (exact) mass is 244 g/mol. The van der Waals surface area contributed by atoms with Crippen LogP contribution >= 0.6 is 0 Å². The minimum atomic E-state index is -0.666. The molecule has 0 radical (unpaired) electrons. The van der Waals surface area contributed by atoms with E-state index in [1.165, 1.54) is 32.1 Å². The largest absolute Gasteiger partial charge is 0.348 e. The Hall–Kier alpha value is -0.120. The zero-order valence-electron chi connectivity index (χ0n) is 12.0. The molecule has 0 amide bonds. The topological polar surface area (TPSA) is 27.7 Å². The Morgan fingerprint density at radius 1 is 0.941 bits per heavy atom. The van der Waals surface area contributed by atoms with Gasteiger partial charge in [0.25, 0.3) is 0 Å². The van der Waals surface area contributed by atoms with Crippen LogP contribution in [0.25, 0.3) is 0 Å². The molecule has 1 aliphatic rings. The fraction of sp³-hybridized carbons (Fsp3) is 1.00.